The Morgan fingerprint density at radius 2 is 2.04 bits per heavy atom. The van der Waals surface area contributed by atoms with Crippen LogP contribution < -0.4 is 4.74 Å². The number of likely N-dealkylation sites (tertiary alicyclic amines) is 1. The molecule has 2 N–H and O–H groups in total. The summed E-state index contributed by atoms with van der Waals surface area (Å²) in [5, 5.41) is 19.3. The number of β-amino-alcohol motifs (C(OH)–C–C–N with tert-alkyl or cyclic N) is 1. The van der Waals surface area contributed by atoms with Crippen LogP contribution in [-0.2, 0) is 6.61 Å². The average Bonchev–Trinajstić information content (AvgIpc) is 3.03. The Kier molecular flexibility index (Phi) is 4.83. The van der Waals surface area contributed by atoms with E-state index in [1.165, 1.54) is 0 Å². The normalized spacial score (nSPS) is 20.2. The van der Waals surface area contributed by atoms with E-state index < -0.39 is 6.10 Å². The summed E-state index contributed by atoms with van der Waals surface area (Å²) in [4.78, 5) is 14.6. The molecule has 2 atom stereocenters. The first-order valence-electron chi connectivity index (χ1n) is 7.95. The standard InChI is InChI=1S/C19H21NO4/c1-24-17-7-3-5-14(9-17)18-10-16(22)11-20(18)19(23)15-6-2-4-13(8-15)12-21/h2-9,16,18,21-22H,10-12H2,1H3/t16-,18-/m0/s1. The number of amides is 1. The van der Waals surface area contributed by atoms with Crippen LogP contribution in [0, 0.1) is 0 Å². The first-order chi connectivity index (χ1) is 11.6. The number of benzene rings is 2. The number of aliphatic hydroxyl groups is 2. The van der Waals surface area contributed by atoms with E-state index in [2.05, 4.69) is 0 Å². The SMILES string of the molecule is COc1cccc([C@@H]2C[C@H](O)CN2C(=O)c2cccc(CO)c2)c1. The van der Waals surface area contributed by atoms with Gasteiger partial charge < -0.3 is 19.8 Å². The van der Waals surface area contributed by atoms with Crippen molar-refractivity contribution in [3.63, 3.8) is 0 Å². The number of methoxy groups -OCH3 is 1. The molecule has 126 valence electrons. The second kappa shape index (κ2) is 7.03. The summed E-state index contributed by atoms with van der Waals surface area (Å²) >= 11 is 0. The second-order valence-electron chi connectivity index (χ2n) is 6.00. The second-order valence-corrected chi connectivity index (χ2v) is 6.00. The van der Waals surface area contributed by atoms with Gasteiger partial charge in [0.05, 0.1) is 25.9 Å². The summed E-state index contributed by atoms with van der Waals surface area (Å²) in [5.74, 6) is 0.582. The molecule has 1 fully saturated rings. The maximum atomic E-state index is 12.9. The van der Waals surface area contributed by atoms with Crippen molar-refractivity contribution in [2.24, 2.45) is 0 Å². The molecule has 1 aliphatic heterocycles. The third-order valence-electron chi connectivity index (χ3n) is 4.37. The van der Waals surface area contributed by atoms with Gasteiger partial charge in [-0.25, -0.2) is 0 Å². The predicted octanol–water partition coefficient (Wildman–Crippen LogP) is 2.14. The van der Waals surface area contributed by atoms with Gasteiger partial charge in [0.2, 0.25) is 0 Å². The van der Waals surface area contributed by atoms with Crippen LogP contribution in [0.4, 0.5) is 0 Å². The highest BCUT2D eigenvalue weighted by molar-refractivity contribution is 5.95. The largest absolute Gasteiger partial charge is 0.497 e. The van der Waals surface area contributed by atoms with Crippen molar-refractivity contribution in [2.75, 3.05) is 13.7 Å². The topological polar surface area (TPSA) is 70.0 Å². The molecule has 0 saturated carbocycles. The fraction of sp³-hybridized carbons (Fsp3) is 0.316. The van der Waals surface area contributed by atoms with E-state index in [0.29, 0.717) is 24.1 Å². The van der Waals surface area contributed by atoms with Gasteiger partial charge in [-0.2, -0.15) is 0 Å². The molecular weight excluding hydrogens is 306 g/mol. The molecule has 0 aromatic heterocycles. The van der Waals surface area contributed by atoms with E-state index in [1.54, 1.807) is 36.3 Å². The molecule has 3 rings (SSSR count). The quantitative estimate of drug-likeness (QED) is 0.903. The summed E-state index contributed by atoms with van der Waals surface area (Å²) in [7, 11) is 1.60. The average molecular weight is 327 g/mol. The van der Waals surface area contributed by atoms with E-state index in [-0.39, 0.29) is 18.6 Å². The maximum absolute atomic E-state index is 12.9. The van der Waals surface area contributed by atoms with Crippen LogP contribution in [0.15, 0.2) is 48.5 Å². The van der Waals surface area contributed by atoms with Crippen LogP contribution >= 0.6 is 0 Å². The molecule has 0 spiro atoms. The Balaban J connectivity index is 1.90. The Labute approximate surface area is 141 Å². The number of rotatable bonds is 4. The zero-order chi connectivity index (χ0) is 17.1. The number of hydrogen-bond acceptors (Lipinski definition) is 4. The van der Waals surface area contributed by atoms with Gasteiger partial charge in [0.1, 0.15) is 5.75 Å². The highest BCUT2D eigenvalue weighted by atomic mass is 16.5. The van der Waals surface area contributed by atoms with Crippen molar-refractivity contribution < 1.29 is 19.7 Å². The molecule has 0 radical (unpaired) electrons. The summed E-state index contributed by atoms with van der Waals surface area (Å²) < 4.78 is 5.26. The van der Waals surface area contributed by atoms with Gasteiger partial charge in [0, 0.05) is 12.1 Å². The van der Waals surface area contributed by atoms with Crippen molar-refractivity contribution >= 4 is 5.91 Å². The molecule has 0 aliphatic carbocycles. The summed E-state index contributed by atoms with van der Waals surface area (Å²) in [6.07, 6.45) is -0.0512. The number of nitrogens with zero attached hydrogens (tertiary/aromatic N) is 1. The molecule has 1 saturated heterocycles. The van der Waals surface area contributed by atoms with Crippen LogP contribution in [0.25, 0.3) is 0 Å². The van der Waals surface area contributed by atoms with E-state index >= 15 is 0 Å². The molecule has 5 nitrogen and oxygen atoms in total. The van der Waals surface area contributed by atoms with E-state index in [0.717, 1.165) is 11.3 Å². The molecule has 2 aromatic rings. The van der Waals surface area contributed by atoms with Gasteiger partial charge in [0.25, 0.3) is 5.91 Å². The van der Waals surface area contributed by atoms with Crippen molar-refractivity contribution in [3.05, 3.63) is 65.2 Å². The number of aliphatic hydroxyl groups excluding tert-OH is 2. The van der Waals surface area contributed by atoms with Gasteiger partial charge in [-0.15, -0.1) is 0 Å². The van der Waals surface area contributed by atoms with E-state index in [4.69, 9.17) is 4.74 Å². The van der Waals surface area contributed by atoms with E-state index in [9.17, 15) is 15.0 Å². The number of carbonyl (C=O) groups is 1. The summed E-state index contributed by atoms with van der Waals surface area (Å²) in [6, 6.07) is 14.3. The first kappa shape index (κ1) is 16.5. The molecule has 24 heavy (non-hydrogen) atoms. The number of hydrogen-bond donors (Lipinski definition) is 2. The van der Waals surface area contributed by atoms with Gasteiger partial charge in [-0.05, 0) is 41.8 Å². The van der Waals surface area contributed by atoms with Gasteiger partial charge in [0.15, 0.2) is 0 Å². The maximum Gasteiger partial charge on any atom is 0.254 e. The molecule has 1 heterocycles. The number of carbonyl (C=O) groups excluding carboxylic acids is 1. The fourth-order valence-corrected chi connectivity index (χ4v) is 3.17. The summed E-state index contributed by atoms with van der Waals surface area (Å²) in [6.45, 7) is 0.188. The highest BCUT2D eigenvalue weighted by Crippen LogP contribution is 2.34. The van der Waals surface area contributed by atoms with Gasteiger partial charge in [-0.3, -0.25) is 4.79 Å². The molecule has 1 amide bonds. The van der Waals surface area contributed by atoms with E-state index in [1.807, 2.05) is 24.3 Å². The molecule has 1 aliphatic rings. The Bertz CT molecular complexity index is 731. The van der Waals surface area contributed by atoms with Gasteiger partial charge >= 0.3 is 0 Å². The van der Waals surface area contributed by atoms with Crippen molar-refractivity contribution in [3.8, 4) is 5.75 Å². The van der Waals surface area contributed by atoms with Gasteiger partial charge in [-0.1, -0.05) is 24.3 Å². The molecule has 2 aromatic carbocycles. The zero-order valence-corrected chi connectivity index (χ0v) is 13.6. The Morgan fingerprint density at radius 1 is 1.25 bits per heavy atom. The zero-order valence-electron chi connectivity index (χ0n) is 13.6. The third kappa shape index (κ3) is 3.27. The lowest BCUT2D eigenvalue weighted by atomic mass is 10.0. The van der Waals surface area contributed by atoms with Crippen LogP contribution in [0.1, 0.15) is 33.9 Å². The molecular formula is C19H21NO4. The molecule has 0 unspecified atom stereocenters. The van der Waals surface area contributed by atoms with Crippen molar-refractivity contribution in [1.29, 1.82) is 0 Å². The van der Waals surface area contributed by atoms with Crippen molar-refractivity contribution in [2.45, 2.75) is 25.2 Å². The minimum absolute atomic E-state index is 0.108. The number of ether oxygens (including phenoxy) is 1. The van der Waals surface area contributed by atoms with Crippen LogP contribution in [-0.4, -0.2) is 40.8 Å². The van der Waals surface area contributed by atoms with Crippen molar-refractivity contribution in [1.82, 2.24) is 4.90 Å². The summed E-state index contributed by atoms with van der Waals surface area (Å²) in [5.41, 5.74) is 2.15. The molecule has 0 bridgehead atoms. The lowest BCUT2D eigenvalue weighted by Gasteiger charge is -2.25. The molecule has 5 heteroatoms. The highest BCUT2D eigenvalue weighted by Gasteiger charge is 2.35. The smallest absolute Gasteiger partial charge is 0.254 e. The fourth-order valence-electron chi connectivity index (χ4n) is 3.17. The van der Waals surface area contributed by atoms with Crippen LogP contribution in [0.2, 0.25) is 0 Å². The lowest BCUT2D eigenvalue weighted by Crippen LogP contribution is -2.31. The first-order valence-corrected chi connectivity index (χ1v) is 7.95. The third-order valence-corrected chi connectivity index (χ3v) is 4.37. The monoisotopic (exact) mass is 327 g/mol. The lowest BCUT2D eigenvalue weighted by molar-refractivity contribution is 0.0715. The Morgan fingerprint density at radius 3 is 2.79 bits per heavy atom. The minimum atomic E-state index is -0.550. The Hall–Kier alpha value is -2.37. The predicted molar refractivity (Wildman–Crippen MR) is 89.8 cm³/mol. The van der Waals surface area contributed by atoms with Crippen LogP contribution in [0.3, 0.4) is 0 Å². The minimum Gasteiger partial charge on any atom is -0.497 e. The van der Waals surface area contributed by atoms with Crippen LogP contribution in [0.5, 0.6) is 5.75 Å².